The van der Waals surface area contributed by atoms with Gasteiger partial charge in [0.2, 0.25) is 0 Å². The van der Waals surface area contributed by atoms with Gasteiger partial charge < -0.3 is 4.74 Å². The van der Waals surface area contributed by atoms with Gasteiger partial charge in [0.15, 0.2) is 6.29 Å². The van der Waals surface area contributed by atoms with Crippen LogP contribution in [0.1, 0.15) is 15.9 Å². The van der Waals surface area contributed by atoms with Crippen molar-refractivity contribution in [3.63, 3.8) is 0 Å². The minimum Gasteiger partial charge on any atom is -0.489 e. The summed E-state index contributed by atoms with van der Waals surface area (Å²) in [6.07, 6.45) is 0.577. The smallest absolute Gasteiger partial charge is 0.150 e. The van der Waals surface area contributed by atoms with Crippen LogP contribution in [0.3, 0.4) is 0 Å². The number of aldehydes is 1. The average molecular weight is 324 g/mol. The molecule has 3 aromatic carbocycles. The van der Waals surface area contributed by atoms with Crippen molar-refractivity contribution in [2.24, 2.45) is 0 Å². The largest absolute Gasteiger partial charge is 0.489 e. The predicted molar refractivity (Wildman–Crippen MR) is 88.0 cm³/mol. The lowest BCUT2D eigenvalue weighted by atomic mass is 9.99. The molecule has 0 aliphatic carbocycles. The molecule has 0 fully saturated rings. The zero-order chi connectivity index (χ0) is 16.9. The fraction of sp³-hybridized carbons (Fsp3) is 0.0500. The summed E-state index contributed by atoms with van der Waals surface area (Å²) in [5, 5.41) is 0. The van der Waals surface area contributed by atoms with Gasteiger partial charge in [-0.25, -0.2) is 8.78 Å². The Hall–Kier alpha value is -3.01. The second kappa shape index (κ2) is 7.04. The number of rotatable bonds is 5. The van der Waals surface area contributed by atoms with Gasteiger partial charge in [-0.3, -0.25) is 4.79 Å². The van der Waals surface area contributed by atoms with E-state index in [2.05, 4.69) is 0 Å². The van der Waals surface area contributed by atoms with Crippen LogP contribution >= 0.6 is 0 Å². The molecule has 0 aliphatic rings. The zero-order valence-electron chi connectivity index (χ0n) is 12.7. The van der Waals surface area contributed by atoms with E-state index >= 15 is 0 Å². The molecule has 3 rings (SSSR count). The Morgan fingerprint density at radius 3 is 2.17 bits per heavy atom. The monoisotopic (exact) mass is 324 g/mol. The summed E-state index contributed by atoms with van der Waals surface area (Å²) in [6.45, 7) is 0.212. The molecule has 0 saturated carbocycles. The second-order valence-corrected chi connectivity index (χ2v) is 5.24. The third-order valence-electron chi connectivity index (χ3n) is 3.62. The van der Waals surface area contributed by atoms with Gasteiger partial charge in [0.25, 0.3) is 0 Å². The molecular formula is C20H14F2O2. The lowest BCUT2D eigenvalue weighted by molar-refractivity contribution is 0.112. The van der Waals surface area contributed by atoms with E-state index in [1.165, 1.54) is 12.1 Å². The van der Waals surface area contributed by atoms with E-state index in [0.29, 0.717) is 6.29 Å². The van der Waals surface area contributed by atoms with Crippen molar-refractivity contribution in [1.82, 2.24) is 0 Å². The van der Waals surface area contributed by atoms with Crippen LogP contribution in [0.5, 0.6) is 5.75 Å². The van der Waals surface area contributed by atoms with Gasteiger partial charge >= 0.3 is 0 Å². The Morgan fingerprint density at radius 2 is 1.50 bits per heavy atom. The first-order valence-corrected chi connectivity index (χ1v) is 7.39. The molecule has 0 heterocycles. The third kappa shape index (κ3) is 3.33. The van der Waals surface area contributed by atoms with Gasteiger partial charge in [-0.1, -0.05) is 54.6 Å². The van der Waals surface area contributed by atoms with E-state index in [-0.39, 0.29) is 29.0 Å². The van der Waals surface area contributed by atoms with Crippen LogP contribution in [0.2, 0.25) is 0 Å². The third-order valence-corrected chi connectivity index (χ3v) is 3.62. The Labute approximate surface area is 138 Å². The average Bonchev–Trinajstić information content (AvgIpc) is 2.61. The molecule has 2 nitrogen and oxygen atoms in total. The molecule has 0 N–H and O–H groups in total. The summed E-state index contributed by atoms with van der Waals surface area (Å²) in [7, 11) is 0. The molecule has 0 saturated heterocycles. The number of halogens is 2. The van der Waals surface area contributed by atoms with Crippen LogP contribution in [0.25, 0.3) is 11.1 Å². The van der Waals surface area contributed by atoms with Gasteiger partial charge in [-0.15, -0.1) is 0 Å². The summed E-state index contributed by atoms with van der Waals surface area (Å²) >= 11 is 0. The second-order valence-electron chi connectivity index (χ2n) is 5.24. The Bertz CT molecular complexity index is 838. The van der Waals surface area contributed by atoms with Crippen molar-refractivity contribution < 1.29 is 18.3 Å². The van der Waals surface area contributed by atoms with Crippen LogP contribution in [0, 0.1) is 11.6 Å². The summed E-state index contributed by atoms with van der Waals surface area (Å²) in [5.41, 5.74) is 1.11. The van der Waals surface area contributed by atoms with E-state index < -0.39 is 11.6 Å². The number of hydrogen-bond donors (Lipinski definition) is 0. The fourth-order valence-corrected chi connectivity index (χ4v) is 2.46. The Balaban J connectivity index is 1.90. The van der Waals surface area contributed by atoms with Crippen molar-refractivity contribution in [1.29, 1.82) is 0 Å². The molecule has 120 valence electrons. The molecule has 0 atom stereocenters. The van der Waals surface area contributed by atoms with Gasteiger partial charge in [0.1, 0.15) is 24.0 Å². The minimum atomic E-state index is -0.771. The highest BCUT2D eigenvalue weighted by Gasteiger charge is 2.16. The maximum absolute atomic E-state index is 14.4. The van der Waals surface area contributed by atoms with E-state index in [1.54, 1.807) is 12.1 Å². The first-order valence-electron chi connectivity index (χ1n) is 7.39. The molecular weight excluding hydrogens is 310 g/mol. The quantitative estimate of drug-likeness (QED) is 0.616. The van der Waals surface area contributed by atoms with Crippen molar-refractivity contribution in [3.05, 3.63) is 89.5 Å². The first-order chi connectivity index (χ1) is 11.7. The number of carbonyl (C=O) groups is 1. The van der Waals surface area contributed by atoms with Gasteiger partial charge in [-0.05, 0) is 11.1 Å². The van der Waals surface area contributed by atoms with E-state index in [4.69, 9.17) is 4.74 Å². The molecule has 0 spiro atoms. The van der Waals surface area contributed by atoms with Crippen molar-refractivity contribution in [2.75, 3.05) is 0 Å². The van der Waals surface area contributed by atoms with Gasteiger partial charge in [0, 0.05) is 17.7 Å². The van der Waals surface area contributed by atoms with Crippen LogP contribution in [-0.4, -0.2) is 6.29 Å². The molecule has 3 aromatic rings. The summed E-state index contributed by atoms with van der Waals surface area (Å²) in [4.78, 5) is 11.1. The normalized spacial score (nSPS) is 10.4. The molecule has 24 heavy (non-hydrogen) atoms. The maximum Gasteiger partial charge on any atom is 0.150 e. The van der Waals surface area contributed by atoms with Crippen LogP contribution in [-0.2, 0) is 6.61 Å². The minimum absolute atomic E-state index is 0.0983. The highest BCUT2D eigenvalue weighted by Crippen LogP contribution is 2.31. The summed E-state index contributed by atoms with van der Waals surface area (Å²) in [5.74, 6) is -1.44. The van der Waals surface area contributed by atoms with Crippen molar-refractivity contribution >= 4 is 6.29 Å². The highest BCUT2D eigenvalue weighted by molar-refractivity contribution is 5.87. The number of carbonyl (C=O) groups excluding carboxylic acids is 1. The van der Waals surface area contributed by atoms with Crippen molar-refractivity contribution in [2.45, 2.75) is 6.61 Å². The van der Waals surface area contributed by atoms with Crippen molar-refractivity contribution in [3.8, 4) is 16.9 Å². The zero-order valence-corrected chi connectivity index (χ0v) is 12.7. The first kappa shape index (κ1) is 15.9. The van der Waals surface area contributed by atoms with E-state index in [9.17, 15) is 13.6 Å². The van der Waals surface area contributed by atoms with E-state index in [1.807, 2.05) is 30.3 Å². The molecule has 0 aromatic heterocycles. The molecule has 0 aliphatic heterocycles. The SMILES string of the molecule is O=Cc1ccccc1-c1c(F)cc(OCc2ccccc2)cc1F. The lowest BCUT2D eigenvalue weighted by Crippen LogP contribution is -1.99. The van der Waals surface area contributed by atoms with E-state index in [0.717, 1.165) is 17.7 Å². The predicted octanol–water partition coefficient (Wildman–Crippen LogP) is 5.02. The number of hydrogen-bond acceptors (Lipinski definition) is 2. The van der Waals surface area contributed by atoms with Crippen LogP contribution < -0.4 is 4.74 Å². The maximum atomic E-state index is 14.4. The number of ether oxygens (including phenoxy) is 1. The summed E-state index contributed by atoms with van der Waals surface area (Å²) < 4.78 is 34.3. The molecule has 0 bridgehead atoms. The molecule has 0 radical (unpaired) electrons. The summed E-state index contributed by atoms with van der Waals surface area (Å²) in [6, 6.07) is 17.9. The van der Waals surface area contributed by atoms with Crippen LogP contribution in [0.4, 0.5) is 8.78 Å². The Kier molecular flexibility index (Phi) is 4.66. The Morgan fingerprint density at radius 1 is 0.875 bits per heavy atom. The molecule has 4 heteroatoms. The standard InChI is InChI=1S/C20H14F2O2/c21-18-10-16(24-13-14-6-2-1-3-7-14)11-19(22)20(18)17-9-5-4-8-15(17)12-23/h1-12H,13H2. The fourth-order valence-electron chi connectivity index (χ4n) is 2.46. The van der Waals surface area contributed by atoms with Gasteiger partial charge in [-0.2, -0.15) is 0 Å². The topological polar surface area (TPSA) is 26.3 Å². The van der Waals surface area contributed by atoms with Crippen LogP contribution in [0.15, 0.2) is 66.7 Å². The highest BCUT2D eigenvalue weighted by atomic mass is 19.1. The lowest BCUT2D eigenvalue weighted by Gasteiger charge is -2.11. The molecule has 0 unspecified atom stereocenters. The number of benzene rings is 3. The van der Waals surface area contributed by atoms with Gasteiger partial charge in [0.05, 0.1) is 5.56 Å². The molecule has 0 amide bonds.